The van der Waals surface area contributed by atoms with Crippen molar-refractivity contribution >= 4 is 23.8 Å². The summed E-state index contributed by atoms with van der Waals surface area (Å²) in [5.74, 6) is 0.802. The summed E-state index contributed by atoms with van der Waals surface area (Å²) in [6.07, 6.45) is 4.79. The number of hydrogen-bond donors (Lipinski definition) is 1. The largest absolute Gasteiger partial charge is 0.497 e. The van der Waals surface area contributed by atoms with Crippen molar-refractivity contribution in [2.24, 2.45) is 0 Å². The molecule has 0 radical (unpaired) electrons. The second-order valence-corrected chi connectivity index (χ2v) is 6.86. The Balaban J connectivity index is 1.99. The van der Waals surface area contributed by atoms with Crippen molar-refractivity contribution in [2.75, 3.05) is 14.2 Å². The zero-order valence-corrected chi connectivity index (χ0v) is 17.0. The summed E-state index contributed by atoms with van der Waals surface area (Å²) in [4.78, 5) is 15.9. The van der Waals surface area contributed by atoms with Gasteiger partial charge < -0.3 is 19.1 Å². The molecule has 0 aliphatic heterocycles. The van der Waals surface area contributed by atoms with Gasteiger partial charge in [0.15, 0.2) is 11.0 Å². The van der Waals surface area contributed by atoms with Gasteiger partial charge in [-0.3, -0.25) is 4.98 Å². The molecule has 0 aliphatic rings. The molecule has 0 saturated heterocycles. The number of rotatable bonds is 8. The van der Waals surface area contributed by atoms with Gasteiger partial charge in [0.25, 0.3) is 0 Å². The van der Waals surface area contributed by atoms with E-state index in [9.17, 15) is 9.90 Å². The molecule has 1 N–H and O–H groups in total. The van der Waals surface area contributed by atoms with Crippen LogP contribution in [0.4, 0.5) is 0 Å². The number of methoxy groups -OCH3 is 2. The summed E-state index contributed by atoms with van der Waals surface area (Å²) in [5, 5.41) is 18.6. The van der Waals surface area contributed by atoms with Gasteiger partial charge >= 0.3 is 5.97 Å². The fourth-order valence-corrected chi connectivity index (χ4v) is 3.53. The van der Waals surface area contributed by atoms with E-state index in [2.05, 4.69) is 15.2 Å². The summed E-state index contributed by atoms with van der Waals surface area (Å²) < 4.78 is 12.5. The lowest BCUT2D eigenvalue weighted by Gasteiger charge is -2.10. The second kappa shape index (κ2) is 9.24. The number of ether oxygens (including phenoxy) is 2. The van der Waals surface area contributed by atoms with Crippen molar-refractivity contribution in [2.45, 2.75) is 18.6 Å². The fraction of sp³-hybridized carbons (Fsp3) is 0.200. The Bertz CT molecular complexity index is 1010. The van der Waals surface area contributed by atoms with Crippen molar-refractivity contribution in [3.8, 4) is 22.9 Å². The first-order valence-electron chi connectivity index (χ1n) is 8.75. The van der Waals surface area contributed by atoms with Gasteiger partial charge in [-0.2, -0.15) is 0 Å². The van der Waals surface area contributed by atoms with Crippen LogP contribution < -0.4 is 9.47 Å². The van der Waals surface area contributed by atoms with E-state index < -0.39 is 5.97 Å². The minimum Gasteiger partial charge on any atom is -0.497 e. The summed E-state index contributed by atoms with van der Waals surface area (Å²) >= 11 is 1.04. The molecule has 0 atom stereocenters. The molecule has 3 rings (SSSR count). The highest BCUT2D eigenvalue weighted by atomic mass is 32.2. The van der Waals surface area contributed by atoms with Crippen LogP contribution >= 0.6 is 11.8 Å². The zero-order valence-electron chi connectivity index (χ0n) is 16.2. The molecule has 0 saturated carbocycles. The van der Waals surface area contributed by atoms with E-state index >= 15 is 0 Å². The van der Waals surface area contributed by atoms with Crippen LogP contribution in [0.1, 0.15) is 12.5 Å². The van der Waals surface area contributed by atoms with E-state index in [-0.39, 0.29) is 4.91 Å². The molecule has 0 spiro atoms. The van der Waals surface area contributed by atoms with Gasteiger partial charge in [-0.1, -0.05) is 6.07 Å². The summed E-state index contributed by atoms with van der Waals surface area (Å²) in [6.45, 7) is 2.50. The lowest BCUT2D eigenvalue weighted by atomic mass is 10.2. The third-order valence-corrected chi connectivity index (χ3v) is 5.03. The Hall–Kier alpha value is -3.33. The van der Waals surface area contributed by atoms with Crippen molar-refractivity contribution < 1.29 is 19.4 Å². The number of thioether (sulfide) groups is 1. The molecule has 0 unspecified atom stereocenters. The lowest BCUT2D eigenvalue weighted by molar-refractivity contribution is -0.131. The normalized spacial score (nSPS) is 11.3. The van der Waals surface area contributed by atoms with Gasteiger partial charge in [-0.25, -0.2) is 4.79 Å². The molecule has 2 aromatic heterocycles. The van der Waals surface area contributed by atoms with Crippen LogP contribution in [0.5, 0.6) is 11.5 Å². The van der Waals surface area contributed by atoms with Crippen molar-refractivity contribution in [3.05, 3.63) is 53.2 Å². The Labute approximate surface area is 172 Å². The van der Waals surface area contributed by atoms with Crippen LogP contribution in [-0.2, 0) is 11.3 Å². The Morgan fingerprint density at radius 2 is 1.93 bits per heavy atom. The van der Waals surface area contributed by atoms with Gasteiger partial charge in [-0.05, 0) is 48.5 Å². The quantitative estimate of drug-likeness (QED) is 0.443. The molecule has 0 amide bonds. The number of aromatic nitrogens is 4. The Kier molecular flexibility index (Phi) is 6.50. The monoisotopic (exact) mass is 412 g/mol. The van der Waals surface area contributed by atoms with E-state index in [0.29, 0.717) is 34.6 Å². The number of carboxylic acids is 1. The molecule has 3 aromatic rings. The first kappa shape index (κ1) is 20.4. The number of carboxylic acid groups (broad SMARTS) is 1. The van der Waals surface area contributed by atoms with Crippen molar-refractivity contribution in [1.82, 2.24) is 19.7 Å². The highest BCUT2D eigenvalue weighted by Crippen LogP contribution is 2.33. The Morgan fingerprint density at radius 3 is 2.48 bits per heavy atom. The van der Waals surface area contributed by atoms with Crippen LogP contribution in [0.15, 0.2) is 52.8 Å². The lowest BCUT2D eigenvalue weighted by Crippen LogP contribution is -2.03. The molecule has 8 nitrogen and oxygen atoms in total. The van der Waals surface area contributed by atoms with Crippen LogP contribution in [0.2, 0.25) is 0 Å². The van der Waals surface area contributed by atoms with Crippen LogP contribution in [0.3, 0.4) is 0 Å². The van der Waals surface area contributed by atoms with Gasteiger partial charge in [0.1, 0.15) is 16.4 Å². The standard InChI is InChI=1S/C20H20N4O4S/c1-4-24-18(14-9-15(27-2)11-16(10-14)28-3)22-23-20(24)29-17(19(25)26)8-13-6-5-7-21-12-13/h5-12H,4H2,1-3H3,(H,25,26)/b17-8+. The molecule has 29 heavy (non-hydrogen) atoms. The minimum atomic E-state index is -1.05. The number of benzene rings is 1. The predicted octanol–water partition coefficient (Wildman–Crippen LogP) is 3.60. The first-order valence-corrected chi connectivity index (χ1v) is 9.56. The zero-order chi connectivity index (χ0) is 20.8. The van der Waals surface area contributed by atoms with Gasteiger partial charge in [0.2, 0.25) is 0 Å². The smallest absolute Gasteiger partial charge is 0.342 e. The Morgan fingerprint density at radius 1 is 1.21 bits per heavy atom. The fourth-order valence-electron chi connectivity index (χ4n) is 2.65. The summed E-state index contributed by atoms with van der Waals surface area (Å²) in [5.41, 5.74) is 1.45. The molecule has 2 heterocycles. The van der Waals surface area contributed by atoms with Crippen molar-refractivity contribution in [1.29, 1.82) is 0 Å². The van der Waals surface area contributed by atoms with Crippen molar-refractivity contribution in [3.63, 3.8) is 0 Å². The molecule has 0 bridgehead atoms. The van der Waals surface area contributed by atoms with Crippen LogP contribution in [0, 0.1) is 0 Å². The maximum absolute atomic E-state index is 11.8. The summed E-state index contributed by atoms with van der Waals surface area (Å²) in [7, 11) is 3.15. The summed E-state index contributed by atoms with van der Waals surface area (Å²) in [6, 6.07) is 8.96. The average Bonchev–Trinajstić information content (AvgIpc) is 3.16. The van der Waals surface area contributed by atoms with E-state index in [1.54, 1.807) is 50.9 Å². The number of nitrogens with zero attached hydrogens (tertiary/aromatic N) is 4. The number of pyridine rings is 1. The van der Waals surface area contributed by atoms with Crippen LogP contribution in [0.25, 0.3) is 17.5 Å². The third-order valence-electron chi connectivity index (χ3n) is 4.04. The number of carbonyl (C=O) groups is 1. The molecule has 150 valence electrons. The van der Waals surface area contributed by atoms with E-state index in [0.717, 1.165) is 17.3 Å². The highest BCUT2D eigenvalue weighted by molar-refractivity contribution is 8.04. The van der Waals surface area contributed by atoms with Gasteiger partial charge in [0, 0.05) is 30.6 Å². The maximum atomic E-state index is 11.8. The van der Waals surface area contributed by atoms with Crippen LogP contribution in [-0.4, -0.2) is 45.0 Å². The second-order valence-electron chi connectivity index (χ2n) is 5.85. The maximum Gasteiger partial charge on any atom is 0.342 e. The topological polar surface area (TPSA) is 99.4 Å². The van der Waals surface area contributed by atoms with Gasteiger partial charge in [-0.15, -0.1) is 10.2 Å². The molecule has 9 heteroatoms. The number of aliphatic carboxylic acids is 1. The molecule has 0 fully saturated rings. The third kappa shape index (κ3) is 4.75. The predicted molar refractivity (Wildman–Crippen MR) is 110 cm³/mol. The van der Waals surface area contributed by atoms with E-state index in [1.807, 2.05) is 23.6 Å². The SMILES string of the molecule is CCn1c(S/C(=C/c2cccnc2)C(=O)O)nnc1-c1cc(OC)cc(OC)c1. The molecule has 1 aromatic carbocycles. The minimum absolute atomic E-state index is 0.120. The molecule has 0 aliphatic carbocycles. The number of hydrogen-bond acceptors (Lipinski definition) is 7. The molecular formula is C20H20N4O4S. The van der Waals surface area contributed by atoms with E-state index in [4.69, 9.17) is 9.47 Å². The highest BCUT2D eigenvalue weighted by Gasteiger charge is 2.19. The van der Waals surface area contributed by atoms with E-state index in [1.165, 1.54) is 0 Å². The first-order chi connectivity index (χ1) is 14.0. The van der Waals surface area contributed by atoms with Gasteiger partial charge in [0.05, 0.1) is 14.2 Å². The average molecular weight is 412 g/mol. The molecular weight excluding hydrogens is 392 g/mol.